The van der Waals surface area contributed by atoms with Crippen LogP contribution in [0.3, 0.4) is 0 Å². The second-order valence-electron chi connectivity index (χ2n) is 3.68. The Morgan fingerprint density at radius 3 is 2.50 bits per heavy atom. The Labute approximate surface area is 125 Å². The van der Waals surface area contributed by atoms with Gasteiger partial charge in [0.05, 0.1) is 12.2 Å². The molecule has 0 fully saturated rings. The fraction of sp³-hybridized carbons (Fsp3) is 0.455. The number of ketones is 2. The van der Waals surface area contributed by atoms with Gasteiger partial charge in [-0.25, -0.2) is 0 Å². The Bertz CT molecular complexity index is 436. The average molecular weight is 331 g/mol. The van der Waals surface area contributed by atoms with Crippen LogP contribution < -0.4 is 0 Å². The monoisotopic (exact) mass is 329 g/mol. The van der Waals surface area contributed by atoms with E-state index in [1.54, 1.807) is 12.3 Å². The topological polar surface area (TPSA) is 39.1 Å². The lowest BCUT2D eigenvalue weighted by Gasteiger charge is -2.12. The van der Waals surface area contributed by atoms with Crippen molar-refractivity contribution in [2.24, 2.45) is 0 Å². The summed E-state index contributed by atoms with van der Waals surface area (Å²) in [5.74, 6) is -0.245. The second kappa shape index (κ2) is 6.80. The molecule has 0 saturated heterocycles. The first-order valence-corrected chi connectivity index (χ1v) is 6.87. The summed E-state index contributed by atoms with van der Waals surface area (Å²) in [5, 5.41) is 0. The summed E-state index contributed by atoms with van der Waals surface area (Å²) in [4.78, 5) is 23.4. The molecule has 0 unspecified atom stereocenters. The molecule has 0 saturated carbocycles. The first-order chi connectivity index (χ1) is 8.36. The highest BCUT2D eigenvalue weighted by Gasteiger charge is 2.33. The second-order valence-corrected chi connectivity index (χ2v) is 6.34. The van der Waals surface area contributed by atoms with E-state index < -0.39 is 9.58 Å². The number of hydrogen-bond donors (Lipinski definition) is 0. The summed E-state index contributed by atoms with van der Waals surface area (Å²) in [6, 6.07) is 3.14. The minimum Gasteiger partial charge on any atom is -0.338 e. The number of carbonyl (C=O) groups excluding carboxylic acids is 2. The predicted molar refractivity (Wildman–Crippen MR) is 74.0 cm³/mol. The largest absolute Gasteiger partial charge is 0.338 e. The van der Waals surface area contributed by atoms with Gasteiger partial charge in [0.15, 0.2) is 5.78 Å². The van der Waals surface area contributed by atoms with E-state index in [0.717, 1.165) is 0 Å². The van der Waals surface area contributed by atoms with Gasteiger partial charge in [0.1, 0.15) is 0 Å². The smallest absolute Gasteiger partial charge is 0.255 e. The molecule has 1 rings (SSSR count). The Hall–Kier alpha value is -0.220. The van der Waals surface area contributed by atoms with Crippen LogP contribution in [-0.2, 0) is 11.3 Å². The fourth-order valence-electron chi connectivity index (χ4n) is 1.44. The van der Waals surface area contributed by atoms with Crippen molar-refractivity contribution < 1.29 is 9.59 Å². The lowest BCUT2D eigenvalue weighted by molar-refractivity contribution is -0.119. The van der Waals surface area contributed by atoms with Crippen LogP contribution in [0, 0.1) is 0 Å². The molecule has 0 atom stereocenters. The number of rotatable bonds is 6. The summed E-state index contributed by atoms with van der Waals surface area (Å²) in [5.41, 5.74) is 0.203. The summed E-state index contributed by atoms with van der Waals surface area (Å²) < 4.78 is -0.546. The van der Waals surface area contributed by atoms with Gasteiger partial charge in [-0.15, -0.1) is 11.6 Å². The lowest BCUT2D eigenvalue weighted by atomic mass is 10.2. The third-order valence-electron chi connectivity index (χ3n) is 2.26. The molecule has 0 amide bonds. The molecule has 1 aromatic rings. The van der Waals surface area contributed by atoms with Crippen molar-refractivity contribution in [1.82, 2.24) is 4.57 Å². The van der Waals surface area contributed by atoms with Crippen molar-refractivity contribution in [3.05, 3.63) is 24.0 Å². The van der Waals surface area contributed by atoms with E-state index in [4.69, 9.17) is 46.4 Å². The summed E-state index contributed by atoms with van der Waals surface area (Å²) in [6.45, 7) is 0.0751. The lowest BCUT2D eigenvalue weighted by Crippen LogP contribution is -2.23. The molecule has 1 heterocycles. The highest BCUT2D eigenvalue weighted by Crippen LogP contribution is 2.30. The van der Waals surface area contributed by atoms with Gasteiger partial charge in [-0.2, -0.15) is 0 Å². The van der Waals surface area contributed by atoms with Gasteiger partial charge >= 0.3 is 0 Å². The Morgan fingerprint density at radius 1 is 1.28 bits per heavy atom. The molecule has 0 spiro atoms. The van der Waals surface area contributed by atoms with E-state index in [2.05, 4.69) is 0 Å². The first-order valence-electron chi connectivity index (χ1n) is 5.20. The third-order valence-corrected chi connectivity index (χ3v) is 3.04. The van der Waals surface area contributed by atoms with Crippen LogP contribution >= 0.6 is 46.4 Å². The Morgan fingerprint density at radius 2 is 1.94 bits per heavy atom. The summed E-state index contributed by atoms with van der Waals surface area (Å²) in [6.07, 6.45) is 2.57. The molecule has 0 aliphatic rings. The van der Waals surface area contributed by atoms with Crippen LogP contribution in [0.5, 0.6) is 0 Å². The zero-order valence-electron chi connectivity index (χ0n) is 9.34. The molecule has 0 aliphatic carbocycles. The Balaban J connectivity index is 2.77. The van der Waals surface area contributed by atoms with Gasteiger partial charge < -0.3 is 4.57 Å². The van der Waals surface area contributed by atoms with E-state index >= 15 is 0 Å². The molecule has 0 aromatic carbocycles. The number of hydrogen-bond acceptors (Lipinski definition) is 2. The van der Waals surface area contributed by atoms with Crippen molar-refractivity contribution in [3.63, 3.8) is 0 Å². The van der Waals surface area contributed by atoms with Crippen molar-refractivity contribution in [2.45, 2.75) is 23.2 Å². The zero-order valence-corrected chi connectivity index (χ0v) is 12.4. The van der Waals surface area contributed by atoms with Crippen LogP contribution in [0.4, 0.5) is 0 Å². The highest BCUT2D eigenvalue weighted by atomic mass is 35.6. The van der Waals surface area contributed by atoms with Gasteiger partial charge in [0.2, 0.25) is 5.78 Å². The molecular weight excluding hydrogens is 320 g/mol. The molecule has 0 aliphatic heterocycles. The molecule has 100 valence electrons. The van der Waals surface area contributed by atoms with Gasteiger partial charge in [0, 0.05) is 18.5 Å². The number of carbonyl (C=O) groups is 2. The van der Waals surface area contributed by atoms with Gasteiger partial charge in [-0.3, -0.25) is 9.59 Å². The van der Waals surface area contributed by atoms with Gasteiger partial charge in [-0.05, 0) is 18.6 Å². The van der Waals surface area contributed by atoms with Crippen LogP contribution in [0.1, 0.15) is 23.3 Å². The number of halogens is 4. The zero-order chi connectivity index (χ0) is 13.8. The highest BCUT2D eigenvalue weighted by molar-refractivity contribution is 6.77. The van der Waals surface area contributed by atoms with E-state index in [1.165, 1.54) is 10.6 Å². The predicted octanol–water partition coefficient (Wildman–Crippen LogP) is 3.63. The van der Waals surface area contributed by atoms with E-state index in [9.17, 15) is 9.59 Å². The SMILES string of the molecule is O=C(CCCCl)Cn1cccc1C(=O)C(Cl)(Cl)Cl. The van der Waals surface area contributed by atoms with E-state index in [-0.39, 0.29) is 18.0 Å². The van der Waals surface area contributed by atoms with Gasteiger partial charge in [0.25, 0.3) is 3.79 Å². The molecule has 7 heteroatoms. The van der Waals surface area contributed by atoms with E-state index in [1.807, 2.05) is 0 Å². The number of Topliss-reactive ketones (excluding diaryl/α,β-unsaturated/α-hetero) is 2. The van der Waals surface area contributed by atoms with Crippen LogP contribution in [0.15, 0.2) is 18.3 Å². The summed E-state index contributed by atoms with van der Waals surface area (Å²) in [7, 11) is 0. The maximum absolute atomic E-state index is 11.8. The third kappa shape index (κ3) is 4.47. The molecule has 1 aromatic heterocycles. The van der Waals surface area contributed by atoms with Crippen LogP contribution in [0.25, 0.3) is 0 Å². The number of aromatic nitrogens is 1. The van der Waals surface area contributed by atoms with Crippen molar-refractivity contribution in [1.29, 1.82) is 0 Å². The molecule has 0 N–H and O–H groups in total. The standard InChI is InChI=1S/C11H11Cl4NO2/c12-5-1-3-8(17)7-16-6-2-4-9(16)10(18)11(13,14)15/h2,4,6H,1,3,5,7H2. The van der Waals surface area contributed by atoms with Crippen LogP contribution in [0.2, 0.25) is 0 Å². The molecule has 18 heavy (non-hydrogen) atoms. The quantitative estimate of drug-likeness (QED) is 0.590. The van der Waals surface area contributed by atoms with Gasteiger partial charge in [-0.1, -0.05) is 34.8 Å². The Kier molecular flexibility index (Phi) is 5.99. The number of alkyl halides is 4. The summed E-state index contributed by atoms with van der Waals surface area (Å²) >= 11 is 22.1. The number of nitrogens with zero attached hydrogens (tertiary/aromatic N) is 1. The molecule has 3 nitrogen and oxygen atoms in total. The fourth-order valence-corrected chi connectivity index (χ4v) is 1.86. The average Bonchev–Trinajstić information content (AvgIpc) is 2.72. The molecular formula is C11H11Cl4NO2. The van der Waals surface area contributed by atoms with Crippen molar-refractivity contribution >= 4 is 58.0 Å². The van der Waals surface area contributed by atoms with E-state index in [0.29, 0.717) is 18.7 Å². The minimum atomic E-state index is -2.02. The van der Waals surface area contributed by atoms with Crippen molar-refractivity contribution in [3.8, 4) is 0 Å². The maximum Gasteiger partial charge on any atom is 0.255 e. The molecule has 0 radical (unpaired) electrons. The first kappa shape index (κ1) is 15.8. The van der Waals surface area contributed by atoms with Crippen molar-refractivity contribution in [2.75, 3.05) is 5.88 Å². The normalized spacial score (nSPS) is 11.6. The van der Waals surface area contributed by atoms with Crippen LogP contribution in [-0.4, -0.2) is 25.8 Å². The minimum absolute atomic E-state index is 0.0229. The molecule has 0 bridgehead atoms. The maximum atomic E-state index is 11.8.